The first-order valence-electron chi connectivity index (χ1n) is 9.51. The van der Waals surface area contributed by atoms with Gasteiger partial charge in [-0.15, -0.1) is 0 Å². The van der Waals surface area contributed by atoms with Crippen LogP contribution >= 0.6 is 11.6 Å². The van der Waals surface area contributed by atoms with E-state index in [-0.39, 0.29) is 18.4 Å². The Morgan fingerprint density at radius 2 is 1.87 bits per heavy atom. The van der Waals surface area contributed by atoms with E-state index < -0.39 is 0 Å². The average Bonchev–Trinajstić information content (AvgIpc) is 2.80. The highest BCUT2D eigenvalue weighted by atomic mass is 35.5. The zero-order valence-electron chi connectivity index (χ0n) is 17.5. The second-order valence-electron chi connectivity index (χ2n) is 6.55. The zero-order valence-corrected chi connectivity index (χ0v) is 18.2. The minimum atomic E-state index is -0.354. The standard InChI is InChI=1S/C23H23ClN4O3/c1-15-18(24)8-6-9-19(15)27-23(26-14-17-7-4-5-12-25-17)28-22(29)16-10-11-20(30-2)21(13-16)31-3/h4-13H,14H2,1-3H3,(H2,26,27,28,29). The van der Waals surface area contributed by atoms with Crippen LogP contribution in [0.3, 0.4) is 0 Å². The molecule has 0 aliphatic carbocycles. The van der Waals surface area contributed by atoms with Gasteiger partial charge in [0.05, 0.1) is 26.5 Å². The van der Waals surface area contributed by atoms with Gasteiger partial charge in [-0.25, -0.2) is 4.99 Å². The predicted molar refractivity (Wildman–Crippen MR) is 122 cm³/mol. The largest absolute Gasteiger partial charge is 0.493 e. The molecule has 7 nitrogen and oxygen atoms in total. The van der Waals surface area contributed by atoms with Gasteiger partial charge in [0, 0.05) is 22.5 Å². The zero-order chi connectivity index (χ0) is 22.2. The van der Waals surface area contributed by atoms with Crippen molar-refractivity contribution in [1.82, 2.24) is 10.3 Å². The Morgan fingerprint density at radius 3 is 2.58 bits per heavy atom. The first-order chi connectivity index (χ1) is 15.0. The van der Waals surface area contributed by atoms with Crippen LogP contribution in [0.4, 0.5) is 5.69 Å². The monoisotopic (exact) mass is 438 g/mol. The number of amides is 1. The summed E-state index contributed by atoms with van der Waals surface area (Å²) in [7, 11) is 3.06. The highest BCUT2D eigenvalue weighted by Gasteiger charge is 2.14. The fraction of sp³-hybridized carbons (Fsp3) is 0.174. The summed E-state index contributed by atoms with van der Waals surface area (Å²) in [5.41, 5.74) is 2.74. The van der Waals surface area contributed by atoms with Crippen LogP contribution in [-0.2, 0) is 6.54 Å². The summed E-state index contributed by atoms with van der Waals surface area (Å²) >= 11 is 6.23. The molecule has 2 aromatic carbocycles. The van der Waals surface area contributed by atoms with Crippen LogP contribution in [0, 0.1) is 6.92 Å². The van der Waals surface area contributed by atoms with E-state index in [0.29, 0.717) is 22.1 Å². The Hall–Kier alpha value is -3.58. The maximum absolute atomic E-state index is 12.9. The van der Waals surface area contributed by atoms with Crippen LogP contribution in [0.15, 0.2) is 65.8 Å². The molecule has 0 fully saturated rings. The van der Waals surface area contributed by atoms with E-state index in [1.807, 2.05) is 37.3 Å². The van der Waals surface area contributed by atoms with Crippen LogP contribution in [0.5, 0.6) is 11.5 Å². The minimum absolute atomic E-state index is 0.274. The van der Waals surface area contributed by atoms with Crippen LogP contribution in [0.25, 0.3) is 0 Å². The van der Waals surface area contributed by atoms with Crippen molar-refractivity contribution in [2.75, 3.05) is 19.5 Å². The Kier molecular flexibility index (Phi) is 7.45. The molecule has 2 N–H and O–H groups in total. The van der Waals surface area contributed by atoms with Gasteiger partial charge in [-0.1, -0.05) is 23.7 Å². The van der Waals surface area contributed by atoms with Crippen LogP contribution in [0.1, 0.15) is 21.6 Å². The second kappa shape index (κ2) is 10.4. The topological polar surface area (TPSA) is 84.8 Å². The summed E-state index contributed by atoms with van der Waals surface area (Å²) in [4.78, 5) is 21.7. The maximum Gasteiger partial charge on any atom is 0.258 e. The van der Waals surface area contributed by atoms with Crippen molar-refractivity contribution >= 4 is 29.2 Å². The van der Waals surface area contributed by atoms with Gasteiger partial charge < -0.3 is 14.8 Å². The van der Waals surface area contributed by atoms with E-state index in [4.69, 9.17) is 21.1 Å². The summed E-state index contributed by atoms with van der Waals surface area (Å²) < 4.78 is 10.5. The summed E-state index contributed by atoms with van der Waals surface area (Å²) in [5.74, 6) is 0.917. The summed E-state index contributed by atoms with van der Waals surface area (Å²) in [6, 6.07) is 16.0. The Morgan fingerprint density at radius 1 is 1.06 bits per heavy atom. The number of carbonyl (C=O) groups excluding carboxylic acids is 1. The maximum atomic E-state index is 12.9. The SMILES string of the molecule is COc1ccc(C(=O)NC(=NCc2ccccn2)Nc2cccc(Cl)c2C)cc1OC. The van der Waals surface area contributed by atoms with E-state index in [9.17, 15) is 4.79 Å². The molecule has 0 unspecified atom stereocenters. The van der Waals surface area contributed by atoms with Gasteiger partial charge in [-0.3, -0.25) is 15.1 Å². The molecule has 0 atom stereocenters. The number of anilines is 1. The molecule has 0 saturated heterocycles. The minimum Gasteiger partial charge on any atom is -0.493 e. The first-order valence-corrected chi connectivity index (χ1v) is 9.89. The van der Waals surface area contributed by atoms with Crippen LogP contribution in [-0.4, -0.2) is 31.1 Å². The number of aromatic nitrogens is 1. The molecule has 0 bridgehead atoms. The number of ether oxygens (including phenoxy) is 2. The molecule has 1 heterocycles. The lowest BCUT2D eigenvalue weighted by molar-refractivity contribution is 0.0976. The van der Waals surface area contributed by atoms with Gasteiger partial charge in [0.1, 0.15) is 0 Å². The molecule has 1 amide bonds. The van der Waals surface area contributed by atoms with Crippen molar-refractivity contribution < 1.29 is 14.3 Å². The molecule has 3 rings (SSSR count). The highest BCUT2D eigenvalue weighted by Crippen LogP contribution is 2.27. The number of nitrogens with zero attached hydrogens (tertiary/aromatic N) is 2. The van der Waals surface area contributed by atoms with E-state index in [0.717, 1.165) is 16.9 Å². The first kappa shape index (κ1) is 22.1. The summed E-state index contributed by atoms with van der Waals surface area (Å²) in [6.45, 7) is 2.17. The number of nitrogens with one attached hydrogen (secondary N) is 2. The number of hydrogen-bond acceptors (Lipinski definition) is 5. The van der Waals surface area contributed by atoms with Crippen molar-refractivity contribution in [2.45, 2.75) is 13.5 Å². The summed E-state index contributed by atoms with van der Waals surface area (Å²) in [6.07, 6.45) is 1.70. The van der Waals surface area contributed by atoms with Crippen molar-refractivity contribution in [3.63, 3.8) is 0 Å². The smallest absolute Gasteiger partial charge is 0.258 e. The number of halogens is 1. The number of carbonyl (C=O) groups is 1. The van der Waals surface area contributed by atoms with Gasteiger partial charge in [0.15, 0.2) is 11.5 Å². The quantitative estimate of drug-likeness (QED) is 0.438. The van der Waals surface area contributed by atoms with Gasteiger partial charge in [-0.2, -0.15) is 0 Å². The number of benzene rings is 2. The highest BCUT2D eigenvalue weighted by molar-refractivity contribution is 6.31. The molecule has 0 aliphatic heterocycles. The molecular formula is C23H23ClN4O3. The Labute approximate surface area is 186 Å². The van der Waals surface area contributed by atoms with E-state index in [1.54, 1.807) is 30.5 Å². The Bertz CT molecular complexity index is 1090. The fourth-order valence-corrected chi connectivity index (χ4v) is 2.96. The molecule has 0 radical (unpaired) electrons. The lowest BCUT2D eigenvalue weighted by Crippen LogP contribution is -2.36. The molecule has 31 heavy (non-hydrogen) atoms. The average molecular weight is 439 g/mol. The Balaban J connectivity index is 1.86. The molecule has 8 heteroatoms. The summed E-state index contributed by atoms with van der Waals surface area (Å²) in [5, 5.41) is 6.59. The molecule has 0 spiro atoms. The number of pyridine rings is 1. The lowest BCUT2D eigenvalue weighted by atomic mass is 10.2. The van der Waals surface area contributed by atoms with Gasteiger partial charge in [0.2, 0.25) is 5.96 Å². The van der Waals surface area contributed by atoms with E-state index >= 15 is 0 Å². The number of guanidine groups is 1. The lowest BCUT2D eigenvalue weighted by Gasteiger charge is -2.15. The molecule has 1 aromatic heterocycles. The van der Waals surface area contributed by atoms with Crippen molar-refractivity contribution in [3.8, 4) is 11.5 Å². The van der Waals surface area contributed by atoms with Gasteiger partial charge >= 0.3 is 0 Å². The second-order valence-corrected chi connectivity index (χ2v) is 6.95. The van der Waals surface area contributed by atoms with Gasteiger partial charge in [-0.05, 0) is 55.0 Å². The van der Waals surface area contributed by atoms with E-state index in [2.05, 4.69) is 20.6 Å². The van der Waals surface area contributed by atoms with Crippen LogP contribution in [0.2, 0.25) is 5.02 Å². The fourth-order valence-electron chi connectivity index (χ4n) is 2.79. The van der Waals surface area contributed by atoms with E-state index in [1.165, 1.54) is 14.2 Å². The molecular weight excluding hydrogens is 416 g/mol. The van der Waals surface area contributed by atoms with Crippen molar-refractivity contribution in [2.24, 2.45) is 4.99 Å². The third kappa shape index (κ3) is 5.73. The third-order valence-corrected chi connectivity index (χ3v) is 4.93. The molecule has 0 saturated carbocycles. The van der Waals surface area contributed by atoms with Gasteiger partial charge in [0.25, 0.3) is 5.91 Å². The van der Waals surface area contributed by atoms with Crippen molar-refractivity contribution in [1.29, 1.82) is 0 Å². The van der Waals surface area contributed by atoms with Crippen molar-refractivity contribution in [3.05, 3.63) is 82.6 Å². The molecule has 160 valence electrons. The number of hydrogen-bond donors (Lipinski definition) is 2. The number of rotatable bonds is 6. The number of methoxy groups -OCH3 is 2. The molecule has 3 aromatic rings. The normalized spacial score (nSPS) is 11.0. The third-order valence-electron chi connectivity index (χ3n) is 4.52. The number of aliphatic imine (C=N–C) groups is 1. The van der Waals surface area contributed by atoms with Crippen LogP contribution < -0.4 is 20.1 Å². The molecule has 0 aliphatic rings. The predicted octanol–water partition coefficient (Wildman–Crippen LogP) is 4.46.